The number of methoxy groups -OCH3 is 1. The summed E-state index contributed by atoms with van der Waals surface area (Å²) in [6.07, 6.45) is 3.22. The molecule has 7 nitrogen and oxygen atoms in total. The lowest BCUT2D eigenvalue weighted by Gasteiger charge is -2.34. The van der Waals surface area contributed by atoms with E-state index < -0.39 is 0 Å². The van der Waals surface area contributed by atoms with Gasteiger partial charge in [0, 0.05) is 25.7 Å². The minimum Gasteiger partial charge on any atom is -0.497 e. The Hall–Kier alpha value is -2.74. The molecule has 0 radical (unpaired) electrons. The molecule has 170 valence electrons. The van der Waals surface area contributed by atoms with Gasteiger partial charge in [0.15, 0.2) is 11.5 Å². The van der Waals surface area contributed by atoms with E-state index in [4.69, 9.17) is 30.5 Å². The van der Waals surface area contributed by atoms with Crippen molar-refractivity contribution >= 4 is 23.6 Å². The minimum atomic E-state index is -0.178. The fraction of sp³-hybridized carbons (Fsp3) is 0.375. The van der Waals surface area contributed by atoms with Crippen molar-refractivity contribution in [2.75, 3.05) is 53.2 Å². The Morgan fingerprint density at radius 3 is 2.66 bits per heavy atom. The molecule has 32 heavy (non-hydrogen) atoms. The lowest BCUT2D eigenvalue weighted by Crippen LogP contribution is -2.43. The molecule has 0 spiro atoms. The van der Waals surface area contributed by atoms with E-state index in [0.717, 1.165) is 30.0 Å². The number of morpholine rings is 1. The van der Waals surface area contributed by atoms with Gasteiger partial charge in [0.2, 0.25) is 5.91 Å². The van der Waals surface area contributed by atoms with E-state index in [2.05, 4.69) is 10.2 Å². The van der Waals surface area contributed by atoms with Gasteiger partial charge in [-0.3, -0.25) is 9.69 Å². The lowest BCUT2D eigenvalue weighted by molar-refractivity contribution is -0.116. The molecule has 1 atom stereocenters. The first-order valence-electron chi connectivity index (χ1n) is 10.6. The molecule has 1 fully saturated rings. The molecule has 0 aliphatic carbocycles. The van der Waals surface area contributed by atoms with Crippen molar-refractivity contribution < 1.29 is 23.7 Å². The molecule has 1 saturated heterocycles. The standard InChI is InChI=1S/C24H27ClN2O5/c1-29-19-5-3-18(4-6-19)21(27-8-10-30-11-9-27)16-26-23(28)7-2-17-14-20(25)24-22(15-17)31-12-13-32-24/h2-7,14-15,21H,8-13,16H2,1H3,(H,26,28)/b7-2+/t21-/m0/s1. The number of carbonyl (C=O) groups is 1. The molecular weight excluding hydrogens is 432 g/mol. The number of ether oxygens (including phenoxy) is 4. The fourth-order valence-electron chi connectivity index (χ4n) is 3.83. The average molecular weight is 459 g/mol. The number of fused-ring (bicyclic) bond motifs is 1. The molecule has 2 aromatic rings. The van der Waals surface area contributed by atoms with Gasteiger partial charge in [-0.2, -0.15) is 0 Å². The Bertz CT molecular complexity index is 958. The summed E-state index contributed by atoms with van der Waals surface area (Å²) in [6, 6.07) is 11.6. The van der Waals surface area contributed by atoms with Gasteiger partial charge in [-0.25, -0.2) is 0 Å². The van der Waals surface area contributed by atoms with Crippen molar-refractivity contribution in [1.82, 2.24) is 10.2 Å². The summed E-state index contributed by atoms with van der Waals surface area (Å²) in [6.45, 7) is 4.44. The van der Waals surface area contributed by atoms with E-state index in [1.54, 1.807) is 19.3 Å². The predicted molar refractivity (Wildman–Crippen MR) is 123 cm³/mol. The van der Waals surface area contributed by atoms with Crippen LogP contribution >= 0.6 is 11.6 Å². The molecule has 0 bridgehead atoms. The van der Waals surface area contributed by atoms with Crippen LogP contribution in [0.2, 0.25) is 5.02 Å². The van der Waals surface area contributed by atoms with Gasteiger partial charge in [-0.05, 0) is 41.5 Å². The van der Waals surface area contributed by atoms with Gasteiger partial charge in [-0.15, -0.1) is 0 Å². The van der Waals surface area contributed by atoms with Crippen molar-refractivity contribution in [3.05, 3.63) is 58.6 Å². The number of benzene rings is 2. The zero-order chi connectivity index (χ0) is 22.3. The highest BCUT2D eigenvalue weighted by Gasteiger charge is 2.23. The zero-order valence-corrected chi connectivity index (χ0v) is 18.8. The van der Waals surface area contributed by atoms with Crippen molar-refractivity contribution in [1.29, 1.82) is 0 Å². The molecule has 1 amide bonds. The van der Waals surface area contributed by atoms with Gasteiger partial charge in [0.25, 0.3) is 0 Å². The summed E-state index contributed by atoms with van der Waals surface area (Å²) in [5, 5.41) is 3.49. The van der Waals surface area contributed by atoms with E-state index in [1.165, 1.54) is 6.08 Å². The minimum absolute atomic E-state index is 0.0471. The number of hydrogen-bond donors (Lipinski definition) is 1. The molecule has 2 aliphatic heterocycles. The first-order chi connectivity index (χ1) is 15.6. The number of carbonyl (C=O) groups excluding carboxylic acids is 1. The Morgan fingerprint density at radius 1 is 1.16 bits per heavy atom. The zero-order valence-electron chi connectivity index (χ0n) is 18.0. The van der Waals surface area contributed by atoms with Gasteiger partial charge in [0.1, 0.15) is 19.0 Å². The van der Waals surface area contributed by atoms with Crippen LogP contribution in [0.25, 0.3) is 6.08 Å². The van der Waals surface area contributed by atoms with Crippen LogP contribution in [0.3, 0.4) is 0 Å². The van der Waals surface area contributed by atoms with E-state index in [9.17, 15) is 4.79 Å². The quantitative estimate of drug-likeness (QED) is 0.642. The maximum absolute atomic E-state index is 12.6. The average Bonchev–Trinajstić information content (AvgIpc) is 2.84. The molecule has 1 N–H and O–H groups in total. The molecule has 0 unspecified atom stereocenters. The van der Waals surface area contributed by atoms with Crippen LogP contribution in [0.15, 0.2) is 42.5 Å². The third-order valence-electron chi connectivity index (χ3n) is 5.50. The van der Waals surface area contributed by atoms with Gasteiger partial charge < -0.3 is 24.3 Å². The summed E-state index contributed by atoms with van der Waals surface area (Å²) < 4.78 is 21.9. The van der Waals surface area contributed by atoms with Crippen LogP contribution in [0.1, 0.15) is 17.2 Å². The first-order valence-corrected chi connectivity index (χ1v) is 11.0. The molecule has 2 aliphatic rings. The number of halogens is 1. The number of rotatable bonds is 7. The summed E-state index contributed by atoms with van der Waals surface area (Å²) in [5.74, 6) is 1.77. The molecule has 8 heteroatoms. The van der Waals surface area contributed by atoms with E-state index in [0.29, 0.717) is 49.5 Å². The molecule has 0 aromatic heterocycles. The van der Waals surface area contributed by atoms with Gasteiger partial charge in [-0.1, -0.05) is 23.7 Å². The van der Waals surface area contributed by atoms with Gasteiger partial charge >= 0.3 is 0 Å². The molecule has 2 aromatic carbocycles. The number of amides is 1. The predicted octanol–water partition coefficient (Wildman–Crippen LogP) is 3.32. The highest BCUT2D eigenvalue weighted by atomic mass is 35.5. The maximum atomic E-state index is 12.6. The van der Waals surface area contributed by atoms with Crippen LogP contribution in [-0.4, -0.2) is 64.0 Å². The van der Waals surface area contributed by atoms with E-state index >= 15 is 0 Å². The SMILES string of the molecule is COc1ccc([C@H](CNC(=O)/C=C/c2cc(Cl)c3c(c2)OCCO3)N2CCOCC2)cc1. The van der Waals surface area contributed by atoms with Crippen LogP contribution in [0.5, 0.6) is 17.2 Å². The van der Waals surface area contributed by atoms with Gasteiger partial charge in [0.05, 0.1) is 31.4 Å². The monoisotopic (exact) mass is 458 g/mol. The van der Waals surface area contributed by atoms with Crippen LogP contribution in [-0.2, 0) is 9.53 Å². The highest BCUT2D eigenvalue weighted by molar-refractivity contribution is 6.32. The highest BCUT2D eigenvalue weighted by Crippen LogP contribution is 2.38. The van der Waals surface area contributed by atoms with Crippen molar-refractivity contribution in [2.45, 2.75) is 6.04 Å². The Balaban J connectivity index is 1.42. The van der Waals surface area contributed by atoms with E-state index in [1.807, 2.05) is 30.3 Å². The topological polar surface area (TPSA) is 69.3 Å². The second-order valence-corrected chi connectivity index (χ2v) is 7.95. The Labute approximate surface area is 192 Å². The van der Waals surface area contributed by atoms with Crippen molar-refractivity contribution in [3.63, 3.8) is 0 Å². The summed E-state index contributed by atoms with van der Waals surface area (Å²) in [7, 11) is 1.65. The second kappa shape index (κ2) is 10.7. The van der Waals surface area contributed by atoms with E-state index in [-0.39, 0.29) is 11.9 Å². The molecular formula is C24H27ClN2O5. The van der Waals surface area contributed by atoms with Crippen molar-refractivity contribution in [2.24, 2.45) is 0 Å². The lowest BCUT2D eigenvalue weighted by atomic mass is 10.0. The third-order valence-corrected chi connectivity index (χ3v) is 5.78. The first kappa shape index (κ1) is 22.5. The Morgan fingerprint density at radius 2 is 1.91 bits per heavy atom. The summed E-state index contributed by atoms with van der Waals surface area (Å²) >= 11 is 6.28. The fourth-order valence-corrected chi connectivity index (χ4v) is 4.10. The second-order valence-electron chi connectivity index (χ2n) is 7.54. The van der Waals surface area contributed by atoms with Crippen LogP contribution in [0.4, 0.5) is 0 Å². The third kappa shape index (κ3) is 5.54. The molecule has 2 heterocycles. The summed E-state index contributed by atoms with van der Waals surface area (Å²) in [4.78, 5) is 14.9. The number of hydrogen-bond acceptors (Lipinski definition) is 6. The maximum Gasteiger partial charge on any atom is 0.244 e. The van der Waals surface area contributed by atoms with Crippen molar-refractivity contribution in [3.8, 4) is 17.2 Å². The van der Waals surface area contributed by atoms with Crippen LogP contribution in [0, 0.1) is 0 Å². The number of nitrogens with zero attached hydrogens (tertiary/aromatic N) is 1. The smallest absolute Gasteiger partial charge is 0.244 e. The van der Waals surface area contributed by atoms with Crippen LogP contribution < -0.4 is 19.5 Å². The normalized spacial score (nSPS) is 17.2. The Kier molecular flexibility index (Phi) is 7.52. The number of nitrogens with one attached hydrogen (secondary N) is 1. The molecule has 0 saturated carbocycles. The largest absolute Gasteiger partial charge is 0.497 e. The summed E-state index contributed by atoms with van der Waals surface area (Å²) in [5.41, 5.74) is 1.89. The molecule has 4 rings (SSSR count).